The van der Waals surface area contributed by atoms with Crippen molar-refractivity contribution < 1.29 is 28.7 Å². The Balaban J connectivity index is 1.65. The largest absolute Gasteiger partial charge is 0.461 e. The number of nitrogens with zero attached hydrogens (tertiary/aromatic N) is 2. The zero-order valence-electron chi connectivity index (χ0n) is 18.3. The SMILES string of the molecule is CC(C)(N=O)C(=O)C(=O)C[N+]1(C)C2CCC1CC(OC(=O)C(CO)c1ccccc1)C2. The molecule has 3 unspecified atom stereocenters. The summed E-state index contributed by atoms with van der Waals surface area (Å²) in [6.07, 6.45) is 2.68. The highest BCUT2D eigenvalue weighted by Gasteiger charge is 2.54. The monoisotopic (exact) mass is 431 g/mol. The van der Waals surface area contributed by atoms with Crippen LogP contribution in [0.25, 0.3) is 0 Å². The van der Waals surface area contributed by atoms with Gasteiger partial charge in [-0.05, 0) is 19.4 Å². The van der Waals surface area contributed by atoms with Crippen molar-refractivity contribution in [1.82, 2.24) is 0 Å². The van der Waals surface area contributed by atoms with Gasteiger partial charge in [0.15, 0.2) is 5.54 Å². The van der Waals surface area contributed by atoms with Crippen molar-refractivity contribution in [3.63, 3.8) is 0 Å². The number of esters is 1. The minimum Gasteiger partial charge on any atom is -0.461 e. The quantitative estimate of drug-likeness (QED) is 0.278. The second-order valence-electron chi connectivity index (χ2n) is 9.47. The van der Waals surface area contributed by atoms with Gasteiger partial charge in [0.2, 0.25) is 5.78 Å². The lowest BCUT2D eigenvalue weighted by molar-refractivity contribution is -0.941. The molecule has 1 aromatic rings. The molecule has 8 nitrogen and oxygen atoms in total. The summed E-state index contributed by atoms with van der Waals surface area (Å²) in [5.41, 5.74) is -0.843. The number of hydrogen-bond donors (Lipinski definition) is 1. The number of ketones is 2. The minimum absolute atomic E-state index is 0.0249. The van der Waals surface area contributed by atoms with E-state index in [1.165, 1.54) is 13.8 Å². The van der Waals surface area contributed by atoms with E-state index in [2.05, 4.69) is 5.18 Å². The Bertz CT molecular complexity index is 839. The van der Waals surface area contributed by atoms with Crippen LogP contribution >= 0.6 is 0 Å². The van der Waals surface area contributed by atoms with Gasteiger partial charge in [0, 0.05) is 25.7 Å². The molecule has 0 radical (unpaired) electrons. The van der Waals surface area contributed by atoms with Crippen LogP contribution in [0.5, 0.6) is 0 Å². The van der Waals surface area contributed by atoms with E-state index in [9.17, 15) is 24.4 Å². The highest BCUT2D eigenvalue weighted by atomic mass is 16.5. The first-order chi connectivity index (χ1) is 14.6. The topological polar surface area (TPSA) is 110 Å². The number of carbonyl (C=O) groups excluding carboxylic acids is 3. The molecule has 2 heterocycles. The fourth-order valence-electron chi connectivity index (χ4n) is 5.06. The Morgan fingerprint density at radius 3 is 2.26 bits per heavy atom. The highest BCUT2D eigenvalue weighted by Crippen LogP contribution is 2.42. The molecule has 0 amide bonds. The molecule has 0 aromatic heterocycles. The fourth-order valence-corrected chi connectivity index (χ4v) is 5.06. The second-order valence-corrected chi connectivity index (χ2v) is 9.47. The molecule has 2 saturated heterocycles. The van der Waals surface area contributed by atoms with Crippen LogP contribution in [-0.2, 0) is 19.1 Å². The highest BCUT2D eigenvalue weighted by molar-refractivity contribution is 6.40. The number of likely N-dealkylation sites (N-methyl/N-ethyl adjacent to an activating group) is 1. The Morgan fingerprint density at radius 1 is 1.16 bits per heavy atom. The standard InChI is InChI=1S/C23H31N2O6/c1-23(2,24-30)21(28)20(27)13-25(3)16-9-10-17(25)12-18(11-16)31-22(29)19(14-26)15-7-5-4-6-8-15/h4-8,16-19,26H,9-14H2,1-3H3/q+1. The lowest BCUT2D eigenvalue weighted by Crippen LogP contribution is -2.62. The van der Waals surface area contributed by atoms with Gasteiger partial charge in [-0.2, -0.15) is 0 Å². The van der Waals surface area contributed by atoms with E-state index in [1.807, 2.05) is 25.2 Å². The van der Waals surface area contributed by atoms with Crippen molar-refractivity contribution in [2.24, 2.45) is 5.18 Å². The molecular weight excluding hydrogens is 400 g/mol. The molecule has 0 aliphatic carbocycles. The molecule has 0 saturated carbocycles. The first-order valence-electron chi connectivity index (χ1n) is 10.8. The smallest absolute Gasteiger partial charge is 0.316 e. The van der Waals surface area contributed by atoms with Gasteiger partial charge >= 0.3 is 5.97 Å². The number of quaternary nitrogens is 1. The van der Waals surface area contributed by atoms with Crippen molar-refractivity contribution in [3.8, 4) is 0 Å². The number of rotatable bonds is 9. The number of ether oxygens (including phenoxy) is 1. The molecule has 2 fully saturated rings. The van der Waals surface area contributed by atoms with E-state index in [1.54, 1.807) is 12.1 Å². The molecule has 1 N–H and O–H groups in total. The number of piperidine rings is 1. The Kier molecular flexibility index (Phi) is 6.71. The average Bonchev–Trinajstić information content (AvgIpc) is 2.91. The zero-order chi connectivity index (χ0) is 22.8. The first-order valence-corrected chi connectivity index (χ1v) is 10.8. The summed E-state index contributed by atoms with van der Waals surface area (Å²) in [6, 6.07) is 9.23. The molecule has 8 heteroatoms. The van der Waals surface area contributed by atoms with Crippen molar-refractivity contribution in [2.75, 3.05) is 20.2 Å². The maximum atomic E-state index is 12.7. The van der Waals surface area contributed by atoms with Crippen molar-refractivity contribution >= 4 is 17.5 Å². The average molecular weight is 432 g/mol. The van der Waals surface area contributed by atoms with Crippen LogP contribution in [0, 0.1) is 4.91 Å². The number of carbonyl (C=O) groups is 3. The lowest BCUT2D eigenvalue weighted by Gasteiger charge is -2.46. The number of fused-ring (bicyclic) bond motifs is 2. The number of hydrogen-bond acceptors (Lipinski definition) is 7. The van der Waals surface area contributed by atoms with E-state index < -0.39 is 29.0 Å². The van der Waals surface area contributed by atoms with Gasteiger partial charge in [-0.25, -0.2) is 0 Å². The van der Waals surface area contributed by atoms with E-state index >= 15 is 0 Å². The van der Waals surface area contributed by atoms with Crippen LogP contribution in [0.1, 0.15) is 51.0 Å². The molecular formula is C23H31N2O6+. The van der Waals surface area contributed by atoms with Crippen molar-refractivity contribution in [2.45, 2.75) is 69.2 Å². The van der Waals surface area contributed by atoms with Crippen LogP contribution in [-0.4, -0.2) is 71.1 Å². The molecule has 1 aromatic carbocycles. The molecule has 2 aliphatic rings. The van der Waals surface area contributed by atoms with Crippen molar-refractivity contribution in [3.05, 3.63) is 40.8 Å². The van der Waals surface area contributed by atoms with Crippen LogP contribution < -0.4 is 0 Å². The van der Waals surface area contributed by atoms with Gasteiger partial charge in [-0.15, -0.1) is 4.91 Å². The Morgan fingerprint density at radius 2 is 1.74 bits per heavy atom. The third-order valence-electron chi connectivity index (χ3n) is 7.04. The molecule has 31 heavy (non-hydrogen) atoms. The van der Waals surface area contributed by atoms with Gasteiger partial charge in [0.05, 0.1) is 25.7 Å². The minimum atomic E-state index is -1.56. The summed E-state index contributed by atoms with van der Waals surface area (Å²) in [5.74, 6) is -2.51. The normalized spacial score (nSPS) is 28.6. The van der Waals surface area contributed by atoms with E-state index in [4.69, 9.17) is 4.74 Å². The number of nitroso groups, excluding NO2 is 1. The third-order valence-corrected chi connectivity index (χ3v) is 7.04. The van der Waals surface area contributed by atoms with E-state index in [0.29, 0.717) is 22.9 Å². The van der Waals surface area contributed by atoms with E-state index in [-0.39, 0.29) is 31.3 Å². The van der Waals surface area contributed by atoms with Crippen LogP contribution in [0.3, 0.4) is 0 Å². The fraction of sp³-hybridized carbons (Fsp3) is 0.609. The predicted molar refractivity (Wildman–Crippen MR) is 113 cm³/mol. The second kappa shape index (κ2) is 8.96. The summed E-state index contributed by atoms with van der Waals surface area (Å²) in [5, 5.41) is 12.5. The van der Waals surface area contributed by atoms with E-state index in [0.717, 1.165) is 12.8 Å². The van der Waals surface area contributed by atoms with Crippen LogP contribution in [0.2, 0.25) is 0 Å². The van der Waals surface area contributed by atoms with Crippen LogP contribution in [0.4, 0.5) is 0 Å². The summed E-state index contributed by atoms with van der Waals surface area (Å²) in [6.45, 7) is 2.40. The van der Waals surface area contributed by atoms with Gasteiger partial charge in [-0.1, -0.05) is 35.5 Å². The number of aliphatic hydroxyl groups excluding tert-OH is 1. The predicted octanol–water partition coefficient (Wildman–Crippen LogP) is 2.13. The Labute approximate surface area is 182 Å². The maximum absolute atomic E-state index is 12.7. The van der Waals surface area contributed by atoms with Gasteiger partial charge < -0.3 is 14.3 Å². The third kappa shape index (κ3) is 4.60. The van der Waals surface area contributed by atoms with Crippen LogP contribution in [0.15, 0.2) is 35.5 Å². The molecule has 3 atom stereocenters. The number of aliphatic hydroxyl groups is 1. The Hall–Kier alpha value is -2.45. The molecule has 168 valence electrons. The molecule has 3 rings (SSSR count). The first kappa shape index (κ1) is 23.2. The summed E-state index contributed by atoms with van der Waals surface area (Å²) < 4.78 is 6.21. The summed E-state index contributed by atoms with van der Waals surface area (Å²) >= 11 is 0. The molecule has 2 bridgehead atoms. The zero-order valence-corrected chi connectivity index (χ0v) is 18.3. The number of Topliss-reactive ketones (excluding diaryl/α,β-unsaturated/α-hetero) is 2. The van der Waals surface area contributed by atoms with Gasteiger partial charge in [-0.3, -0.25) is 14.4 Å². The summed E-state index contributed by atoms with van der Waals surface area (Å²) in [7, 11) is 1.97. The molecule has 2 aliphatic heterocycles. The number of benzene rings is 1. The molecule has 0 spiro atoms. The maximum Gasteiger partial charge on any atom is 0.316 e. The summed E-state index contributed by atoms with van der Waals surface area (Å²) in [4.78, 5) is 48.6. The van der Waals surface area contributed by atoms with Gasteiger partial charge in [0.1, 0.15) is 18.6 Å². The van der Waals surface area contributed by atoms with Crippen molar-refractivity contribution in [1.29, 1.82) is 0 Å². The lowest BCUT2D eigenvalue weighted by atomic mass is 9.92. The van der Waals surface area contributed by atoms with Gasteiger partial charge in [0.25, 0.3) is 5.78 Å².